The van der Waals surface area contributed by atoms with Crippen LogP contribution >= 0.6 is 11.6 Å². The number of rotatable bonds is 4. The van der Waals surface area contributed by atoms with E-state index in [-0.39, 0.29) is 5.38 Å². The lowest BCUT2D eigenvalue weighted by atomic mass is 9.91. The van der Waals surface area contributed by atoms with Crippen molar-refractivity contribution in [2.45, 2.75) is 44.9 Å². The van der Waals surface area contributed by atoms with Crippen molar-refractivity contribution in [3.63, 3.8) is 0 Å². The van der Waals surface area contributed by atoms with Crippen LogP contribution in [-0.4, -0.2) is 5.38 Å². The maximum absolute atomic E-state index is 6.31. The molecule has 1 aromatic carbocycles. The largest absolute Gasteiger partial charge is 0.122 e. The summed E-state index contributed by atoms with van der Waals surface area (Å²) in [6.07, 6.45) is 2.15. The number of halogens is 1. The van der Waals surface area contributed by atoms with Gasteiger partial charge in [0, 0.05) is 5.38 Å². The summed E-state index contributed by atoms with van der Waals surface area (Å²) in [6.45, 7) is 6.47. The van der Waals surface area contributed by atoms with Crippen LogP contribution in [0.4, 0.5) is 0 Å². The van der Waals surface area contributed by atoms with Gasteiger partial charge in [0.25, 0.3) is 0 Å². The molecule has 0 spiro atoms. The Kier molecular flexibility index (Phi) is 4.47. The molecule has 1 aromatic rings. The van der Waals surface area contributed by atoms with Gasteiger partial charge in [-0.25, -0.2) is 0 Å². The third-order valence-electron chi connectivity index (χ3n) is 2.77. The molecule has 0 N–H and O–H groups in total. The Morgan fingerprint density at radius 3 is 2.07 bits per heavy atom. The first-order valence-corrected chi connectivity index (χ1v) is 5.83. The van der Waals surface area contributed by atoms with Crippen LogP contribution in [0.3, 0.4) is 0 Å². The van der Waals surface area contributed by atoms with Crippen LogP contribution in [0.1, 0.15) is 43.7 Å². The first kappa shape index (κ1) is 11.6. The highest BCUT2D eigenvalue weighted by molar-refractivity contribution is 6.21. The van der Waals surface area contributed by atoms with Crippen LogP contribution in [0.25, 0.3) is 0 Å². The molecule has 0 bridgehead atoms. The molecule has 78 valence electrons. The van der Waals surface area contributed by atoms with Crippen LogP contribution in [0.2, 0.25) is 0 Å². The lowest BCUT2D eigenvalue weighted by Crippen LogP contribution is -2.11. The van der Waals surface area contributed by atoms with Gasteiger partial charge in [-0.15, -0.1) is 11.6 Å². The Labute approximate surface area is 92.3 Å². The van der Waals surface area contributed by atoms with Gasteiger partial charge >= 0.3 is 0 Å². The summed E-state index contributed by atoms with van der Waals surface area (Å²) in [5, 5.41) is 0.266. The highest BCUT2D eigenvalue weighted by atomic mass is 35.5. The Morgan fingerprint density at radius 2 is 1.64 bits per heavy atom. The smallest absolute Gasteiger partial charge is 0.0401 e. The summed E-state index contributed by atoms with van der Waals surface area (Å²) >= 11 is 6.31. The average Bonchev–Trinajstić information content (AvgIpc) is 2.21. The molecule has 0 aliphatic carbocycles. The molecule has 14 heavy (non-hydrogen) atoms. The van der Waals surface area contributed by atoms with Gasteiger partial charge < -0.3 is 0 Å². The van der Waals surface area contributed by atoms with E-state index in [2.05, 4.69) is 45.0 Å². The van der Waals surface area contributed by atoms with E-state index in [9.17, 15) is 0 Å². The Hall–Kier alpha value is -0.490. The summed E-state index contributed by atoms with van der Waals surface area (Å²) in [5.74, 6) is 0.502. The fourth-order valence-electron chi connectivity index (χ4n) is 1.80. The second-order valence-electron chi connectivity index (χ2n) is 3.85. The van der Waals surface area contributed by atoms with E-state index < -0.39 is 0 Å². The van der Waals surface area contributed by atoms with E-state index in [1.807, 2.05) is 0 Å². The Bertz CT molecular complexity index is 263. The zero-order valence-electron chi connectivity index (χ0n) is 9.26. The fourth-order valence-corrected chi connectivity index (χ4v) is 2.12. The van der Waals surface area contributed by atoms with E-state index >= 15 is 0 Å². The molecule has 1 heteroatoms. The molecule has 2 unspecified atom stereocenters. The molecular weight excluding hydrogens is 192 g/mol. The first-order chi connectivity index (χ1) is 6.69. The van der Waals surface area contributed by atoms with Crippen molar-refractivity contribution in [3.05, 3.63) is 35.4 Å². The average molecular weight is 211 g/mol. The minimum Gasteiger partial charge on any atom is -0.122 e. The maximum atomic E-state index is 6.31. The number of hydrogen-bond acceptors (Lipinski definition) is 0. The van der Waals surface area contributed by atoms with Gasteiger partial charge in [0.15, 0.2) is 0 Å². The molecular formula is C13H19Cl. The van der Waals surface area contributed by atoms with Crippen molar-refractivity contribution in [3.8, 4) is 0 Å². The minimum atomic E-state index is 0.266. The molecule has 0 aliphatic rings. The monoisotopic (exact) mass is 210 g/mol. The molecule has 0 heterocycles. The van der Waals surface area contributed by atoms with Crippen molar-refractivity contribution in [1.82, 2.24) is 0 Å². The molecule has 0 amide bonds. The van der Waals surface area contributed by atoms with Crippen molar-refractivity contribution >= 4 is 11.6 Å². The lowest BCUT2D eigenvalue weighted by Gasteiger charge is -2.20. The zero-order chi connectivity index (χ0) is 10.6. The highest BCUT2D eigenvalue weighted by Gasteiger charge is 2.17. The fraction of sp³-hybridized carbons (Fsp3) is 0.538. The number of benzene rings is 1. The second kappa shape index (κ2) is 5.41. The standard InChI is InChI=1S/C13H19Cl/c1-4-12(13(14)5-2)11-8-6-10(3)7-9-11/h6-9,12-13H,4-5H2,1-3H3. The summed E-state index contributed by atoms with van der Waals surface area (Å²) in [5.41, 5.74) is 2.69. The molecule has 0 nitrogen and oxygen atoms in total. The van der Waals surface area contributed by atoms with Gasteiger partial charge in [-0.3, -0.25) is 0 Å². The first-order valence-electron chi connectivity index (χ1n) is 5.39. The van der Waals surface area contributed by atoms with Crippen molar-refractivity contribution in [1.29, 1.82) is 0 Å². The van der Waals surface area contributed by atoms with E-state index in [4.69, 9.17) is 11.6 Å². The van der Waals surface area contributed by atoms with E-state index in [0.29, 0.717) is 5.92 Å². The van der Waals surface area contributed by atoms with Gasteiger partial charge in [0.1, 0.15) is 0 Å². The molecule has 0 aliphatic heterocycles. The van der Waals surface area contributed by atoms with E-state index in [1.54, 1.807) is 0 Å². The van der Waals surface area contributed by atoms with Crippen LogP contribution < -0.4 is 0 Å². The topological polar surface area (TPSA) is 0 Å². The second-order valence-corrected chi connectivity index (χ2v) is 4.41. The SMILES string of the molecule is CCC(Cl)C(CC)c1ccc(C)cc1. The Morgan fingerprint density at radius 1 is 1.07 bits per heavy atom. The summed E-state index contributed by atoms with van der Waals surface area (Å²) in [4.78, 5) is 0. The molecule has 0 radical (unpaired) electrons. The summed E-state index contributed by atoms with van der Waals surface area (Å²) < 4.78 is 0. The normalized spacial score (nSPS) is 15.1. The van der Waals surface area contributed by atoms with Crippen LogP contribution in [-0.2, 0) is 0 Å². The molecule has 1 rings (SSSR count). The van der Waals surface area contributed by atoms with E-state index in [1.165, 1.54) is 11.1 Å². The van der Waals surface area contributed by atoms with Gasteiger partial charge in [-0.1, -0.05) is 43.7 Å². The molecule has 0 saturated heterocycles. The van der Waals surface area contributed by atoms with Crippen LogP contribution in [0.5, 0.6) is 0 Å². The van der Waals surface area contributed by atoms with Gasteiger partial charge in [0.2, 0.25) is 0 Å². The quantitative estimate of drug-likeness (QED) is 0.642. The van der Waals surface area contributed by atoms with Gasteiger partial charge in [-0.05, 0) is 31.2 Å². The predicted octanol–water partition coefficient (Wildman–Crippen LogP) is 4.51. The summed E-state index contributed by atoms with van der Waals surface area (Å²) in [6, 6.07) is 8.73. The molecule has 0 aromatic heterocycles. The van der Waals surface area contributed by atoms with Crippen LogP contribution in [0.15, 0.2) is 24.3 Å². The molecule has 0 saturated carbocycles. The third kappa shape index (κ3) is 2.75. The third-order valence-corrected chi connectivity index (χ3v) is 3.38. The molecule has 2 atom stereocenters. The van der Waals surface area contributed by atoms with Crippen molar-refractivity contribution in [2.24, 2.45) is 0 Å². The highest BCUT2D eigenvalue weighted by Crippen LogP contribution is 2.28. The van der Waals surface area contributed by atoms with Gasteiger partial charge in [0.05, 0.1) is 0 Å². The van der Waals surface area contributed by atoms with Crippen LogP contribution in [0, 0.1) is 6.92 Å². The zero-order valence-corrected chi connectivity index (χ0v) is 10.0. The van der Waals surface area contributed by atoms with Gasteiger partial charge in [-0.2, -0.15) is 0 Å². The predicted molar refractivity (Wildman–Crippen MR) is 64.1 cm³/mol. The van der Waals surface area contributed by atoms with Crippen molar-refractivity contribution in [2.75, 3.05) is 0 Å². The lowest BCUT2D eigenvalue weighted by molar-refractivity contribution is 0.604. The van der Waals surface area contributed by atoms with E-state index in [0.717, 1.165) is 12.8 Å². The molecule has 0 fully saturated rings. The number of aryl methyl sites for hydroxylation is 1. The summed E-state index contributed by atoms with van der Waals surface area (Å²) in [7, 11) is 0. The Balaban J connectivity index is 2.84. The van der Waals surface area contributed by atoms with Crippen molar-refractivity contribution < 1.29 is 0 Å². The minimum absolute atomic E-state index is 0.266. The maximum Gasteiger partial charge on any atom is 0.0401 e. The number of alkyl halides is 1. The number of hydrogen-bond donors (Lipinski definition) is 0.